The van der Waals surface area contributed by atoms with Crippen LogP contribution < -0.4 is 58.9 Å². The number of nitrogen functional groups attached to an aromatic ring is 4. The maximum absolute atomic E-state index is 16.2. The molecule has 15 atom stereocenters. The first-order chi connectivity index (χ1) is 55.2. The van der Waals surface area contributed by atoms with Gasteiger partial charge >= 0.3 is 0 Å². The van der Waals surface area contributed by atoms with Gasteiger partial charge in [-0.1, -0.05) is 30.3 Å². The smallest absolute Gasteiger partial charge is 0.257 e. The highest BCUT2D eigenvalue weighted by molar-refractivity contribution is 6.03. The van der Waals surface area contributed by atoms with Crippen LogP contribution in [0.5, 0.6) is 17.6 Å². The molecule has 12 unspecified atom stereocenters. The van der Waals surface area contributed by atoms with Crippen molar-refractivity contribution in [3.63, 3.8) is 0 Å². The van der Waals surface area contributed by atoms with Gasteiger partial charge in [0.05, 0.1) is 134 Å². The number of methoxy groups -OCH3 is 3. The van der Waals surface area contributed by atoms with Crippen molar-refractivity contribution in [1.29, 1.82) is 0 Å². The standard InChI is InChI=1S/C25H27F2N7O4.C25H26F2N6O5.C24H26F2N8O5/c1-11-19-22(33-25(28)30-11)20(27)21(32-24(19)34-38-10-16-23(36)17(35)9-29-16)13-7-6-12(26)8-14(13)15-4-3-5-18(31-15)37-2;1-11-19-22(32-25(28)29-11)20(27)21(31-24(19)33-38-10-17-23(35)16(34)9-37-17)13-7-6-12(26)8-14(13)15-4-3-5-18(30-15)36-2;1-9-16-19(33-24(28)30-9)17(26)18(32-22(16)34-39-8-15-20(36)14(35)7-38-15)11-4-3-10(25)5-12(11)13-6-29-21(27)23(31-13)37-2/h3-8,16-17,20-21,23,29,35-36H,9-10H2,1-2H3,(H,32,34)(H2,28,30,33);3-8,16-17,20-21,23,34-35H,9-10H2,1-2H3,(H,31,33)(H2,28,29,32);3-6,14-15,17-18,20,35-36H,7-8H2,1-2H3,(H2,27,29)(H,32,34)(H2,28,30,33)/t2*16?,17?,20?,21-,23?;14?,15?,17?,18-,20?/m000/s1. The van der Waals surface area contributed by atoms with E-state index in [2.05, 4.69) is 86.6 Å². The zero-order valence-electron chi connectivity index (χ0n) is 62.0. The summed E-state index contributed by atoms with van der Waals surface area (Å²) in [6.45, 7) is 4.72. The fraction of sp³-hybridized carbons (Fsp3) is 0.365. The van der Waals surface area contributed by atoms with E-state index < -0.39 is 109 Å². The predicted octanol–water partition coefficient (Wildman–Crippen LogP) is 3.74. The van der Waals surface area contributed by atoms with Crippen LogP contribution in [-0.2, 0) is 24.0 Å². The largest absolute Gasteiger partial charge is 0.481 e. The highest BCUT2D eigenvalue weighted by atomic mass is 19.2. The van der Waals surface area contributed by atoms with E-state index in [9.17, 15) is 43.8 Å². The third-order valence-corrected chi connectivity index (χ3v) is 19.4. The summed E-state index contributed by atoms with van der Waals surface area (Å²) >= 11 is 0. The molecule has 6 aliphatic rings. The minimum Gasteiger partial charge on any atom is -0.481 e. The van der Waals surface area contributed by atoms with Crippen LogP contribution in [0, 0.1) is 38.2 Å². The summed E-state index contributed by atoms with van der Waals surface area (Å²) in [7, 11) is 4.28. The number of nitrogens with one attached hydrogen (secondary N) is 4. The molecule has 18 N–H and O–H groups in total. The maximum Gasteiger partial charge on any atom is 0.257 e. The number of nitrogens with two attached hydrogens (primary N) is 4. The molecule has 0 radical (unpaired) electrons. The molecular weight excluding hydrogens is 1520 g/mol. The van der Waals surface area contributed by atoms with Crippen molar-refractivity contribution >= 4 is 41.2 Å². The fourth-order valence-corrected chi connectivity index (χ4v) is 13.7. The van der Waals surface area contributed by atoms with Gasteiger partial charge in [-0.3, -0.25) is 29.5 Å². The van der Waals surface area contributed by atoms with E-state index in [4.69, 9.17) is 61.1 Å². The summed E-state index contributed by atoms with van der Waals surface area (Å²) in [5.74, 6) is -1.03. The van der Waals surface area contributed by atoms with Gasteiger partial charge in [-0.05, 0) is 86.0 Å². The molecule has 15 rings (SSSR count). The highest BCUT2D eigenvalue weighted by Gasteiger charge is 2.43. The molecule has 12 heterocycles. The summed E-state index contributed by atoms with van der Waals surface area (Å²) in [4.78, 5) is 72.2. The Balaban J connectivity index is 0.000000150. The first kappa shape index (κ1) is 81.4. The third-order valence-electron chi connectivity index (χ3n) is 19.4. The van der Waals surface area contributed by atoms with E-state index in [0.717, 1.165) is 0 Å². The Hall–Kier alpha value is -11.6. The number of fused-ring (bicyclic) bond motifs is 3. The number of ether oxygens (including phenoxy) is 5. The lowest BCUT2D eigenvalue weighted by atomic mass is 9.90. The average molecular weight is 1600 g/mol. The van der Waals surface area contributed by atoms with Crippen LogP contribution in [0.2, 0.25) is 0 Å². The second-order valence-electron chi connectivity index (χ2n) is 26.9. The van der Waals surface area contributed by atoms with Gasteiger partial charge in [0.25, 0.3) is 5.88 Å². The van der Waals surface area contributed by atoms with E-state index in [1.54, 1.807) is 57.2 Å². The number of aliphatic hydroxyl groups is 6. The fourth-order valence-electron chi connectivity index (χ4n) is 13.7. The van der Waals surface area contributed by atoms with Crippen molar-refractivity contribution in [3.8, 4) is 51.4 Å². The molecule has 6 aromatic heterocycles. The van der Waals surface area contributed by atoms with Gasteiger partial charge in [0.1, 0.15) is 85.4 Å². The van der Waals surface area contributed by atoms with Crippen molar-refractivity contribution < 1.29 is 95.2 Å². The molecular formula is C74H79F6N21O14. The highest BCUT2D eigenvalue weighted by Crippen LogP contribution is 2.48. The Morgan fingerprint density at radius 1 is 0.461 bits per heavy atom. The SMILES string of the molecule is COc1cccc(-c2cc(F)ccc2[C@@H]2N=C(NOCC3NCC(O)C3O)c3c(C)nc(N)nc3C2F)n1.COc1cccc(-c2cc(F)ccc2[C@@H]2N=C(NOCC3OCC(O)C3O)c3c(C)nc(N)nc3C2F)n1.COc1nc(-c2cc(F)ccc2[C@@H]2N=C(NOCC3OCC(O)C3O)c3c(C)nc(N)nc3C2F)cnc1N. The van der Waals surface area contributed by atoms with Gasteiger partial charge in [0.15, 0.2) is 41.8 Å². The monoisotopic (exact) mass is 1600 g/mol. The summed E-state index contributed by atoms with van der Waals surface area (Å²) in [6, 6.07) is 17.5. The number of aliphatic hydroxyl groups excluding tert-OH is 6. The number of aromatic nitrogens is 10. The van der Waals surface area contributed by atoms with Crippen molar-refractivity contribution in [3.05, 3.63) is 182 Å². The van der Waals surface area contributed by atoms with Crippen LogP contribution in [-0.4, -0.2) is 214 Å². The topological polar surface area (TPSA) is 513 Å². The first-order valence-electron chi connectivity index (χ1n) is 35.6. The number of nitrogens with zero attached hydrogens (tertiary/aromatic N) is 13. The molecule has 606 valence electrons. The van der Waals surface area contributed by atoms with E-state index in [0.29, 0.717) is 62.5 Å². The van der Waals surface area contributed by atoms with Crippen molar-refractivity contribution in [1.82, 2.24) is 71.6 Å². The van der Waals surface area contributed by atoms with Crippen LogP contribution in [0.3, 0.4) is 0 Å². The van der Waals surface area contributed by atoms with Crippen LogP contribution in [0.25, 0.3) is 33.8 Å². The number of hydrogen-bond donors (Lipinski definition) is 14. The quantitative estimate of drug-likeness (QED) is 0.0430. The summed E-state index contributed by atoms with van der Waals surface area (Å²) in [6.07, 6.45) is -11.8. The molecule has 35 nitrogen and oxygen atoms in total. The molecule has 0 aliphatic carbocycles. The Morgan fingerprint density at radius 3 is 1.19 bits per heavy atom. The Labute approximate surface area is 650 Å². The number of β-amino-alcohol motifs (C(OH)–C–C–N with tert-alkyl or cyclic N) is 1. The van der Waals surface area contributed by atoms with Gasteiger partial charge < -0.3 is 82.6 Å². The van der Waals surface area contributed by atoms with Crippen molar-refractivity contribution in [2.75, 3.05) is 83.8 Å². The number of halogens is 6. The molecule has 0 amide bonds. The van der Waals surface area contributed by atoms with Gasteiger partial charge in [-0.15, -0.1) is 0 Å². The normalized spacial score (nSPS) is 24.5. The van der Waals surface area contributed by atoms with Gasteiger partial charge in [-0.2, -0.15) is 0 Å². The molecule has 0 saturated carbocycles. The molecule has 9 aromatic rings. The second kappa shape index (κ2) is 35.0. The van der Waals surface area contributed by atoms with Gasteiger partial charge in [-0.25, -0.2) is 92.6 Å². The zero-order valence-corrected chi connectivity index (χ0v) is 62.0. The van der Waals surface area contributed by atoms with Gasteiger partial charge in [0, 0.05) is 35.4 Å². The molecule has 0 spiro atoms. The molecule has 3 fully saturated rings. The summed E-state index contributed by atoms with van der Waals surface area (Å²) in [5.41, 5.74) is 35.9. The second-order valence-corrected chi connectivity index (χ2v) is 26.9. The molecule has 0 bridgehead atoms. The minimum absolute atomic E-state index is 0.00410. The lowest BCUT2D eigenvalue weighted by Gasteiger charge is -2.29. The molecule has 41 heteroatoms. The zero-order chi connectivity index (χ0) is 81.8. The van der Waals surface area contributed by atoms with Crippen LogP contribution >= 0.6 is 0 Å². The number of hydrogen-bond acceptors (Lipinski definition) is 35. The number of aliphatic imine (C=N–C) groups is 3. The van der Waals surface area contributed by atoms with E-state index in [1.165, 1.54) is 82.1 Å². The number of pyridine rings is 2. The Morgan fingerprint density at radius 2 is 0.843 bits per heavy atom. The minimum atomic E-state index is -1.81. The number of rotatable bonds is 18. The number of benzene rings is 3. The average Bonchev–Trinajstić information content (AvgIpc) is 0.840. The van der Waals surface area contributed by atoms with Crippen LogP contribution in [0.1, 0.15) is 104 Å². The predicted molar refractivity (Wildman–Crippen MR) is 398 cm³/mol. The lowest BCUT2D eigenvalue weighted by Crippen LogP contribution is -2.41. The molecule has 115 heavy (non-hydrogen) atoms. The van der Waals surface area contributed by atoms with Gasteiger partial charge in [0.2, 0.25) is 29.6 Å². The first-order valence-corrected chi connectivity index (χ1v) is 35.6. The molecule has 3 saturated heterocycles. The molecule has 6 aliphatic heterocycles. The van der Waals surface area contributed by atoms with Crippen molar-refractivity contribution in [2.45, 2.75) is 112 Å². The third kappa shape index (κ3) is 17.4. The van der Waals surface area contributed by atoms with E-state index in [1.807, 2.05) is 0 Å². The number of amidine groups is 3. The maximum atomic E-state index is 16.2. The lowest BCUT2D eigenvalue weighted by molar-refractivity contribution is -0.0458. The Bertz CT molecular complexity index is 4960. The molecule has 3 aromatic carbocycles. The summed E-state index contributed by atoms with van der Waals surface area (Å²) < 4.78 is 118. The number of anilines is 4. The number of hydroxylamine groups is 3. The van der Waals surface area contributed by atoms with Crippen LogP contribution in [0.4, 0.5) is 50.0 Å². The van der Waals surface area contributed by atoms with E-state index >= 15 is 13.2 Å². The number of alkyl halides is 3. The van der Waals surface area contributed by atoms with E-state index in [-0.39, 0.29) is 137 Å². The summed E-state index contributed by atoms with van der Waals surface area (Å²) in [5, 5.41) is 62.2. The van der Waals surface area contributed by atoms with Crippen molar-refractivity contribution in [2.24, 2.45) is 15.0 Å². The Kier molecular flexibility index (Phi) is 24.8. The van der Waals surface area contributed by atoms with Crippen LogP contribution in [0.15, 0.2) is 112 Å². The number of aryl methyl sites for hydroxylation is 3.